The molecular weight excluding hydrogens is 614 g/mol. The fourth-order valence-electron chi connectivity index (χ4n) is 6.80. The number of amides is 1. The first kappa shape index (κ1) is 32.2. The molecule has 2 aliphatic rings. The lowest BCUT2D eigenvalue weighted by atomic mass is 9.90. The van der Waals surface area contributed by atoms with Gasteiger partial charge in [0.25, 0.3) is 17.2 Å². The van der Waals surface area contributed by atoms with Gasteiger partial charge in [0.1, 0.15) is 11.8 Å². The maximum Gasteiger partial charge on any atom is 0.271 e. The number of carbonyl (C=O) groups excluding carboxylic acids is 1. The van der Waals surface area contributed by atoms with Crippen LogP contribution in [0.1, 0.15) is 63.6 Å². The second-order valence-electron chi connectivity index (χ2n) is 11.9. The summed E-state index contributed by atoms with van der Waals surface area (Å²) in [5.41, 5.74) is 2.79. The molecule has 3 aromatic carbocycles. The first-order chi connectivity index (χ1) is 22.8. The van der Waals surface area contributed by atoms with Crippen molar-refractivity contribution in [2.24, 2.45) is 4.99 Å². The van der Waals surface area contributed by atoms with E-state index in [-0.39, 0.29) is 17.2 Å². The van der Waals surface area contributed by atoms with E-state index >= 15 is 0 Å². The van der Waals surface area contributed by atoms with Crippen molar-refractivity contribution in [3.8, 4) is 5.75 Å². The smallest absolute Gasteiger partial charge is 0.271 e. The minimum absolute atomic E-state index is 0.0380. The van der Waals surface area contributed by atoms with Crippen molar-refractivity contribution in [1.29, 1.82) is 0 Å². The highest BCUT2D eigenvalue weighted by molar-refractivity contribution is 7.07. The van der Waals surface area contributed by atoms with Gasteiger partial charge in [0.15, 0.2) is 4.80 Å². The number of non-ortho nitro benzene ring substituents is 1. The number of thiazole rings is 1. The highest BCUT2D eigenvalue weighted by Crippen LogP contribution is 2.40. The third-order valence-corrected chi connectivity index (χ3v) is 10.2. The molecule has 0 saturated carbocycles. The zero-order valence-corrected chi connectivity index (χ0v) is 28.0. The zero-order valence-electron chi connectivity index (χ0n) is 27.2. The van der Waals surface area contributed by atoms with Gasteiger partial charge in [0.2, 0.25) is 0 Å². The molecule has 6 rings (SSSR count). The number of hydrogen-bond donors (Lipinski definition) is 0. The molecule has 1 atom stereocenters. The molecular formula is C36H39N5O5S. The third-order valence-electron chi connectivity index (χ3n) is 9.18. The average molecular weight is 654 g/mol. The molecule has 11 heteroatoms. The molecule has 3 heterocycles. The van der Waals surface area contributed by atoms with E-state index in [1.807, 2.05) is 57.2 Å². The first-order valence-electron chi connectivity index (χ1n) is 16.2. The first-order valence-corrected chi connectivity index (χ1v) is 17.0. The summed E-state index contributed by atoms with van der Waals surface area (Å²) in [5, 5.41) is 13.6. The molecule has 47 heavy (non-hydrogen) atoms. The minimum Gasteiger partial charge on any atom is -0.496 e. The standard InChI is InChI=1S/C36H39N5O5S/c1-5-38(6-2)35(43)31-23(3)37-36-40(33(31)32-27-14-10-9-13-24(27)15-18-29(32)46-4)34(42)30(47-36)22-25-21-26(41(44)45)16-17-28(25)39-19-11-7-8-12-20-39/h9-10,13-18,21-22,33H,5-8,11-12,19-20H2,1-4H3/b30-22-/t33-/m0/s1. The Balaban J connectivity index is 1.63. The van der Waals surface area contributed by atoms with Crippen molar-refractivity contribution < 1.29 is 14.5 Å². The Morgan fingerprint density at radius 3 is 2.49 bits per heavy atom. The second kappa shape index (κ2) is 13.5. The minimum atomic E-state index is -0.808. The highest BCUT2D eigenvalue weighted by atomic mass is 32.1. The van der Waals surface area contributed by atoms with E-state index in [0.29, 0.717) is 50.6 Å². The van der Waals surface area contributed by atoms with E-state index < -0.39 is 11.0 Å². The number of allylic oxidation sites excluding steroid dienone is 1. The molecule has 1 saturated heterocycles. The Morgan fingerprint density at radius 2 is 1.81 bits per heavy atom. The molecule has 0 bridgehead atoms. The number of methoxy groups -OCH3 is 1. The number of hydrogen-bond acceptors (Lipinski definition) is 8. The van der Waals surface area contributed by atoms with Crippen molar-refractivity contribution in [2.75, 3.05) is 38.2 Å². The molecule has 2 aliphatic heterocycles. The van der Waals surface area contributed by atoms with Crippen LogP contribution in [0.4, 0.5) is 11.4 Å². The zero-order chi connectivity index (χ0) is 33.2. The van der Waals surface area contributed by atoms with Crippen LogP contribution in [0.2, 0.25) is 0 Å². The van der Waals surface area contributed by atoms with Crippen LogP contribution in [0.3, 0.4) is 0 Å². The van der Waals surface area contributed by atoms with Crippen molar-refractivity contribution in [3.63, 3.8) is 0 Å². The molecule has 0 radical (unpaired) electrons. The normalized spacial score (nSPS) is 16.9. The number of fused-ring (bicyclic) bond motifs is 2. The third kappa shape index (κ3) is 5.95. The summed E-state index contributed by atoms with van der Waals surface area (Å²) in [7, 11) is 1.59. The molecule has 1 aromatic heterocycles. The summed E-state index contributed by atoms with van der Waals surface area (Å²) < 4.78 is 7.89. The molecule has 1 fully saturated rings. The Hall–Kier alpha value is -4.77. The van der Waals surface area contributed by atoms with Crippen molar-refractivity contribution >= 4 is 45.5 Å². The maximum absolute atomic E-state index is 14.6. The summed E-state index contributed by atoms with van der Waals surface area (Å²) in [5.74, 6) is 0.373. The number of nitrogens with zero attached hydrogens (tertiary/aromatic N) is 5. The highest BCUT2D eigenvalue weighted by Gasteiger charge is 2.36. The molecule has 0 unspecified atom stereocenters. The number of nitro groups is 1. The van der Waals surface area contributed by atoms with Gasteiger partial charge in [0, 0.05) is 55.1 Å². The van der Waals surface area contributed by atoms with Crippen LogP contribution < -0.4 is 24.5 Å². The number of anilines is 1. The number of nitro benzene ring substituents is 1. The van der Waals surface area contributed by atoms with Crippen LogP contribution in [-0.2, 0) is 4.79 Å². The Labute approximate surface area is 277 Å². The van der Waals surface area contributed by atoms with Gasteiger partial charge < -0.3 is 14.5 Å². The predicted molar refractivity (Wildman–Crippen MR) is 186 cm³/mol. The van der Waals surface area contributed by atoms with Crippen molar-refractivity contribution in [3.05, 3.63) is 107 Å². The van der Waals surface area contributed by atoms with Gasteiger partial charge in [-0.15, -0.1) is 0 Å². The van der Waals surface area contributed by atoms with Crippen molar-refractivity contribution in [1.82, 2.24) is 9.47 Å². The number of rotatable bonds is 8. The monoisotopic (exact) mass is 653 g/mol. The van der Waals surface area contributed by atoms with E-state index in [4.69, 9.17) is 9.73 Å². The average Bonchev–Trinajstić information content (AvgIpc) is 3.22. The van der Waals surface area contributed by atoms with Crippen LogP contribution in [0, 0.1) is 10.1 Å². The summed E-state index contributed by atoms with van der Waals surface area (Å²) in [4.78, 5) is 49.6. The van der Waals surface area contributed by atoms with E-state index in [2.05, 4.69) is 4.90 Å². The van der Waals surface area contributed by atoms with Gasteiger partial charge in [-0.3, -0.25) is 24.3 Å². The molecule has 0 aliphatic carbocycles. The quantitative estimate of drug-likeness (QED) is 0.182. The van der Waals surface area contributed by atoms with E-state index in [0.717, 1.165) is 55.2 Å². The summed E-state index contributed by atoms with van der Waals surface area (Å²) in [6.45, 7) is 8.37. The predicted octanol–water partition coefficient (Wildman–Crippen LogP) is 5.55. The number of benzene rings is 3. The maximum atomic E-state index is 14.6. The number of ether oxygens (including phenoxy) is 1. The fraction of sp³-hybridized carbons (Fsp3) is 0.361. The van der Waals surface area contributed by atoms with Gasteiger partial charge in [-0.1, -0.05) is 54.5 Å². The van der Waals surface area contributed by atoms with Crippen LogP contribution in [-0.4, -0.2) is 53.6 Å². The number of aromatic nitrogens is 1. The number of carbonyl (C=O) groups is 1. The van der Waals surface area contributed by atoms with E-state index in [9.17, 15) is 19.7 Å². The van der Waals surface area contributed by atoms with Crippen molar-refractivity contribution in [2.45, 2.75) is 52.5 Å². The topological polar surface area (TPSA) is 110 Å². The number of likely N-dealkylation sites (N-methyl/N-ethyl adjacent to an activating group) is 1. The fourth-order valence-corrected chi connectivity index (χ4v) is 7.83. The molecule has 0 N–H and O–H groups in total. The lowest BCUT2D eigenvalue weighted by molar-refractivity contribution is -0.384. The van der Waals surface area contributed by atoms with Gasteiger partial charge in [0.05, 0.1) is 27.8 Å². The summed E-state index contributed by atoms with van der Waals surface area (Å²) in [6, 6.07) is 15.8. The Kier molecular flexibility index (Phi) is 9.26. The van der Waals surface area contributed by atoms with Gasteiger partial charge in [-0.25, -0.2) is 4.99 Å². The molecule has 1 amide bonds. The SMILES string of the molecule is CCN(CC)C(=O)C1=C(C)N=c2s/c(=C\c3cc([N+](=O)[O-])ccc3N3CCCCCC3)c(=O)n2[C@@H]1c1c(OC)ccc2ccccc12. The summed E-state index contributed by atoms with van der Waals surface area (Å²) in [6.07, 6.45) is 6.10. The Morgan fingerprint density at radius 1 is 1.09 bits per heavy atom. The summed E-state index contributed by atoms with van der Waals surface area (Å²) >= 11 is 1.23. The molecule has 0 spiro atoms. The molecule has 4 aromatic rings. The van der Waals surface area contributed by atoms with Crippen LogP contribution in [0.25, 0.3) is 16.8 Å². The van der Waals surface area contributed by atoms with Gasteiger partial charge in [-0.2, -0.15) is 0 Å². The lowest BCUT2D eigenvalue weighted by Gasteiger charge is -2.30. The molecule has 10 nitrogen and oxygen atoms in total. The van der Waals surface area contributed by atoms with Crippen LogP contribution in [0.15, 0.2) is 75.7 Å². The van der Waals surface area contributed by atoms with Crippen LogP contribution in [0.5, 0.6) is 5.75 Å². The second-order valence-corrected chi connectivity index (χ2v) is 12.9. The van der Waals surface area contributed by atoms with Gasteiger partial charge >= 0.3 is 0 Å². The lowest BCUT2D eigenvalue weighted by Crippen LogP contribution is -2.43. The van der Waals surface area contributed by atoms with Crippen LogP contribution >= 0.6 is 11.3 Å². The van der Waals surface area contributed by atoms with Gasteiger partial charge in [-0.05, 0) is 62.6 Å². The van der Waals surface area contributed by atoms with E-state index in [1.54, 1.807) is 34.8 Å². The van der Waals surface area contributed by atoms with E-state index in [1.165, 1.54) is 17.4 Å². The molecule has 244 valence electrons. The Bertz CT molecular complexity index is 2070. The largest absolute Gasteiger partial charge is 0.496 e.